The van der Waals surface area contributed by atoms with Gasteiger partial charge >= 0.3 is 0 Å². The van der Waals surface area contributed by atoms with Crippen LogP contribution in [0.1, 0.15) is 6.92 Å². The topological polar surface area (TPSA) is 80.9 Å². The Bertz CT molecular complexity index is 743. The molecule has 0 fully saturated rings. The molecule has 0 bridgehead atoms. The van der Waals surface area contributed by atoms with E-state index in [0.29, 0.717) is 16.2 Å². The normalized spacial score (nSPS) is 12.0. The average molecular weight is 332 g/mol. The second-order valence-electron chi connectivity index (χ2n) is 4.33. The van der Waals surface area contributed by atoms with Gasteiger partial charge < -0.3 is 9.73 Å². The summed E-state index contributed by atoms with van der Waals surface area (Å²) >= 11 is 2.59. The van der Waals surface area contributed by atoms with Gasteiger partial charge in [0.1, 0.15) is 0 Å². The molecule has 0 radical (unpaired) electrons. The van der Waals surface area contributed by atoms with E-state index in [9.17, 15) is 4.79 Å². The molecule has 0 saturated heterocycles. The molecule has 1 N–H and O–H groups in total. The Labute approximate surface area is 135 Å². The Hall–Kier alpha value is -2.19. The predicted molar refractivity (Wildman–Crippen MR) is 85.8 cm³/mol. The van der Waals surface area contributed by atoms with Gasteiger partial charge in [-0.25, -0.2) is 4.98 Å². The van der Waals surface area contributed by atoms with E-state index in [4.69, 9.17) is 4.42 Å². The molecule has 1 atom stereocenters. The summed E-state index contributed by atoms with van der Waals surface area (Å²) in [5, 5.41) is 13.1. The molecule has 0 saturated carbocycles. The second-order valence-corrected chi connectivity index (χ2v) is 6.51. The lowest BCUT2D eigenvalue weighted by Gasteiger charge is -2.07. The van der Waals surface area contributed by atoms with Crippen molar-refractivity contribution in [3.05, 3.63) is 41.9 Å². The molecule has 6 nitrogen and oxygen atoms in total. The number of hydrogen-bond acceptors (Lipinski definition) is 7. The lowest BCUT2D eigenvalue weighted by atomic mass is 10.2. The molecule has 1 aromatic carbocycles. The van der Waals surface area contributed by atoms with Gasteiger partial charge in [0.2, 0.25) is 11.8 Å². The molecule has 8 heteroatoms. The number of hydrogen-bond donors (Lipinski definition) is 1. The molecular formula is C14H12N4O2S2. The standard InChI is InChI=1S/C14H12N4O2S2/c1-9(11(19)16-13-15-7-8-21-13)22-14-18-17-12(20-14)10-5-3-2-4-6-10/h2-9H,1H3,(H,15,16,19)/t9-/m1/s1. The summed E-state index contributed by atoms with van der Waals surface area (Å²) < 4.78 is 5.57. The number of aromatic nitrogens is 3. The zero-order valence-electron chi connectivity index (χ0n) is 11.6. The molecule has 3 rings (SSSR count). The summed E-state index contributed by atoms with van der Waals surface area (Å²) in [6.45, 7) is 1.78. The van der Waals surface area contributed by atoms with E-state index < -0.39 is 0 Å². The average Bonchev–Trinajstić information content (AvgIpc) is 3.20. The number of benzene rings is 1. The number of carbonyl (C=O) groups excluding carboxylic acids is 1. The van der Waals surface area contributed by atoms with Crippen molar-refractivity contribution in [2.75, 3.05) is 5.32 Å². The number of thiazole rings is 1. The maximum absolute atomic E-state index is 12.0. The first-order valence-electron chi connectivity index (χ1n) is 6.48. The van der Waals surface area contributed by atoms with Gasteiger partial charge in [-0.05, 0) is 19.1 Å². The largest absolute Gasteiger partial charge is 0.411 e. The van der Waals surface area contributed by atoms with Crippen molar-refractivity contribution in [2.45, 2.75) is 17.4 Å². The molecule has 0 unspecified atom stereocenters. The third kappa shape index (κ3) is 3.52. The fourth-order valence-electron chi connectivity index (χ4n) is 1.65. The summed E-state index contributed by atoms with van der Waals surface area (Å²) in [7, 11) is 0. The van der Waals surface area contributed by atoms with Crippen molar-refractivity contribution in [3.63, 3.8) is 0 Å². The third-order valence-corrected chi connectivity index (χ3v) is 4.36. The third-order valence-electron chi connectivity index (χ3n) is 2.74. The quantitative estimate of drug-likeness (QED) is 0.722. The van der Waals surface area contributed by atoms with Gasteiger partial charge in [-0.2, -0.15) is 0 Å². The van der Waals surface area contributed by atoms with Crippen molar-refractivity contribution in [1.29, 1.82) is 0 Å². The van der Waals surface area contributed by atoms with E-state index in [1.807, 2.05) is 30.3 Å². The Morgan fingerprint density at radius 1 is 1.32 bits per heavy atom. The molecular weight excluding hydrogens is 320 g/mol. The van der Waals surface area contributed by atoms with Crippen LogP contribution >= 0.6 is 23.1 Å². The Kier molecular flexibility index (Phi) is 4.50. The Balaban J connectivity index is 1.63. The van der Waals surface area contributed by atoms with E-state index in [1.165, 1.54) is 23.1 Å². The minimum absolute atomic E-state index is 0.153. The first-order chi connectivity index (χ1) is 10.7. The van der Waals surface area contributed by atoms with Crippen LogP contribution in [0.2, 0.25) is 0 Å². The van der Waals surface area contributed by atoms with Gasteiger partial charge in [0.05, 0.1) is 5.25 Å². The smallest absolute Gasteiger partial charge is 0.277 e. The number of rotatable bonds is 5. The highest BCUT2D eigenvalue weighted by Gasteiger charge is 2.19. The summed E-state index contributed by atoms with van der Waals surface area (Å²) in [6.07, 6.45) is 1.64. The SMILES string of the molecule is C[C@@H](Sc1nnc(-c2ccccc2)o1)C(=O)Nc1nccs1. The number of thioether (sulfide) groups is 1. The van der Waals surface area contributed by atoms with Crippen molar-refractivity contribution >= 4 is 34.1 Å². The summed E-state index contributed by atoms with van der Waals surface area (Å²) in [5.41, 5.74) is 0.849. The number of anilines is 1. The molecule has 0 aliphatic rings. The number of carbonyl (C=O) groups is 1. The highest BCUT2D eigenvalue weighted by molar-refractivity contribution is 8.00. The van der Waals surface area contributed by atoms with Gasteiger partial charge in [0, 0.05) is 17.1 Å². The molecule has 22 heavy (non-hydrogen) atoms. The molecule has 0 spiro atoms. The van der Waals surface area contributed by atoms with Crippen LogP contribution in [-0.4, -0.2) is 26.3 Å². The number of amides is 1. The van der Waals surface area contributed by atoms with E-state index in [0.717, 1.165) is 5.56 Å². The van der Waals surface area contributed by atoms with Gasteiger partial charge in [-0.15, -0.1) is 21.5 Å². The monoisotopic (exact) mass is 332 g/mol. The van der Waals surface area contributed by atoms with Crippen LogP contribution in [0, 0.1) is 0 Å². The molecule has 112 valence electrons. The van der Waals surface area contributed by atoms with Crippen LogP contribution in [-0.2, 0) is 4.79 Å². The van der Waals surface area contributed by atoms with Crippen molar-refractivity contribution in [1.82, 2.24) is 15.2 Å². The van der Waals surface area contributed by atoms with Gasteiger partial charge in [0.25, 0.3) is 5.22 Å². The molecule has 2 heterocycles. The van der Waals surface area contributed by atoms with Crippen LogP contribution in [0.5, 0.6) is 0 Å². The second kappa shape index (κ2) is 6.71. The fraction of sp³-hybridized carbons (Fsp3) is 0.143. The van der Waals surface area contributed by atoms with Crippen LogP contribution in [0.15, 0.2) is 51.5 Å². The molecule has 2 aromatic heterocycles. The number of nitrogens with zero attached hydrogens (tertiary/aromatic N) is 3. The van der Waals surface area contributed by atoms with Gasteiger partial charge in [0.15, 0.2) is 5.13 Å². The minimum atomic E-state index is -0.368. The van der Waals surface area contributed by atoms with Crippen LogP contribution < -0.4 is 5.32 Å². The van der Waals surface area contributed by atoms with E-state index in [2.05, 4.69) is 20.5 Å². The zero-order valence-corrected chi connectivity index (χ0v) is 13.2. The fourth-order valence-corrected chi connectivity index (χ4v) is 2.87. The van der Waals surface area contributed by atoms with E-state index >= 15 is 0 Å². The minimum Gasteiger partial charge on any atom is -0.411 e. The molecule has 0 aliphatic heterocycles. The molecule has 1 amide bonds. The van der Waals surface area contributed by atoms with Crippen molar-refractivity contribution in [2.24, 2.45) is 0 Å². The maximum Gasteiger partial charge on any atom is 0.277 e. The predicted octanol–water partition coefficient (Wildman–Crippen LogP) is 3.31. The lowest BCUT2D eigenvalue weighted by molar-refractivity contribution is -0.115. The Morgan fingerprint density at radius 2 is 2.14 bits per heavy atom. The number of nitrogens with one attached hydrogen (secondary N) is 1. The van der Waals surface area contributed by atoms with E-state index in [1.54, 1.807) is 18.5 Å². The van der Waals surface area contributed by atoms with Crippen LogP contribution in [0.25, 0.3) is 11.5 Å². The summed E-state index contributed by atoms with van der Waals surface area (Å²) in [4.78, 5) is 16.1. The highest BCUT2D eigenvalue weighted by atomic mass is 32.2. The van der Waals surface area contributed by atoms with Gasteiger partial charge in [-0.1, -0.05) is 30.0 Å². The van der Waals surface area contributed by atoms with Gasteiger partial charge in [-0.3, -0.25) is 4.79 Å². The molecule has 0 aliphatic carbocycles. The first-order valence-corrected chi connectivity index (χ1v) is 8.24. The first kappa shape index (κ1) is 14.7. The Morgan fingerprint density at radius 3 is 2.86 bits per heavy atom. The summed E-state index contributed by atoms with van der Waals surface area (Å²) in [6, 6.07) is 9.49. The highest BCUT2D eigenvalue weighted by Crippen LogP contribution is 2.26. The molecule has 3 aromatic rings. The zero-order chi connectivity index (χ0) is 15.4. The van der Waals surface area contributed by atoms with E-state index in [-0.39, 0.29) is 11.2 Å². The summed E-state index contributed by atoms with van der Waals surface area (Å²) in [5.74, 6) is 0.287. The van der Waals surface area contributed by atoms with Crippen LogP contribution in [0.4, 0.5) is 5.13 Å². The van der Waals surface area contributed by atoms with Crippen molar-refractivity contribution in [3.8, 4) is 11.5 Å². The van der Waals surface area contributed by atoms with Crippen LogP contribution in [0.3, 0.4) is 0 Å². The lowest BCUT2D eigenvalue weighted by Crippen LogP contribution is -2.22. The van der Waals surface area contributed by atoms with Crippen molar-refractivity contribution < 1.29 is 9.21 Å². The maximum atomic E-state index is 12.0.